The topological polar surface area (TPSA) is 51.5 Å². The highest BCUT2D eigenvalue weighted by Crippen LogP contribution is 2.33. The third-order valence-corrected chi connectivity index (χ3v) is 4.95. The minimum atomic E-state index is 0.526. The van der Waals surface area contributed by atoms with Gasteiger partial charge < -0.3 is 10.1 Å². The van der Waals surface area contributed by atoms with Crippen molar-refractivity contribution in [1.29, 1.82) is 0 Å². The summed E-state index contributed by atoms with van der Waals surface area (Å²) in [6, 6.07) is 10.6. The first-order valence-corrected chi connectivity index (χ1v) is 9.01. The number of rotatable bonds is 4. The molecule has 25 heavy (non-hydrogen) atoms. The van der Waals surface area contributed by atoms with E-state index >= 15 is 0 Å². The van der Waals surface area contributed by atoms with Crippen molar-refractivity contribution in [2.45, 2.75) is 45.1 Å². The summed E-state index contributed by atoms with van der Waals surface area (Å²) in [4.78, 5) is 4.75. The van der Waals surface area contributed by atoms with Crippen molar-refractivity contribution in [2.24, 2.45) is 0 Å². The van der Waals surface area contributed by atoms with Crippen LogP contribution in [0, 0.1) is 6.92 Å². The highest BCUT2D eigenvalue weighted by atomic mass is 16.5. The summed E-state index contributed by atoms with van der Waals surface area (Å²) in [7, 11) is 1.69. The number of benzene rings is 1. The number of methoxy groups -OCH3 is 1. The first-order chi connectivity index (χ1) is 12.3. The Morgan fingerprint density at radius 2 is 1.92 bits per heavy atom. The summed E-state index contributed by atoms with van der Waals surface area (Å²) >= 11 is 0. The van der Waals surface area contributed by atoms with E-state index in [0.29, 0.717) is 6.04 Å². The van der Waals surface area contributed by atoms with Crippen molar-refractivity contribution in [3.8, 4) is 16.9 Å². The Labute approximate surface area is 148 Å². The van der Waals surface area contributed by atoms with Gasteiger partial charge in [0.1, 0.15) is 11.6 Å². The molecule has 1 aliphatic rings. The fourth-order valence-electron chi connectivity index (χ4n) is 3.70. The van der Waals surface area contributed by atoms with E-state index in [1.54, 1.807) is 7.11 Å². The molecule has 0 bridgehead atoms. The van der Waals surface area contributed by atoms with Gasteiger partial charge in [0.2, 0.25) is 0 Å². The molecule has 5 heteroatoms. The van der Waals surface area contributed by atoms with Gasteiger partial charge in [0.05, 0.1) is 18.9 Å². The van der Waals surface area contributed by atoms with Gasteiger partial charge in [-0.15, -0.1) is 0 Å². The molecule has 0 amide bonds. The van der Waals surface area contributed by atoms with Crippen LogP contribution in [0.4, 0.5) is 5.82 Å². The molecule has 0 unspecified atom stereocenters. The van der Waals surface area contributed by atoms with Gasteiger partial charge in [0, 0.05) is 23.4 Å². The average molecular weight is 336 g/mol. The molecular weight excluding hydrogens is 312 g/mol. The maximum Gasteiger partial charge on any atom is 0.165 e. The highest BCUT2D eigenvalue weighted by molar-refractivity contribution is 5.82. The third-order valence-electron chi connectivity index (χ3n) is 4.95. The van der Waals surface area contributed by atoms with Gasteiger partial charge in [-0.05, 0) is 25.8 Å². The first kappa shape index (κ1) is 15.9. The zero-order chi connectivity index (χ0) is 17.2. The summed E-state index contributed by atoms with van der Waals surface area (Å²) in [5.74, 6) is 1.86. The predicted octanol–water partition coefficient (Wildman–Crippen LogP) is 4.46. The van der Waals surface area contributed by atoms with Crippen molar-refractivity contribution in [3.05, 3.63) is 42.2 Å². The Morgan fingerprint density at radius 1 is 1.12 bits per heavy atom. The number of nitrogens with one attached hydrogen (secondary N) is 1. The van der Waals surface area contributed by atoms with Crippen molar-refractivity contribution in [2.75, 3.05) is 12.4 Å². The van der Waals surface area contributed by atoms with Gasteiger partial charge in [-0.25, -0.2) is 4.98 Å². The van der Waals surface area contributed by atoms with E-state index in [1.807, 2.05) is 41.9 Å². The van der Waals surface area contributed by atoms with Crippen LogP contribution in [0.3, 0.4) is 0 Å². The molecule has 1 aliphatic carbocycles. The molecule has 0 saturated heterocycles. The molecule has 0 spiro atoms. The van der Waals surface area contributed by atoms with Crippen molar-refractivity contribution in [3.63, 3.8) is 0 Å². The SMILES string of the molecule is COc1ccccc1-c1cnn2c(NC3CCCCC3)cc(C)nc12. The van der Waals surface area contributed by atoms with Crippen LogP contribution in [-0.2, 0) is 0 Å². The van der Waals surface area contributed by atoms with E-state index in [9.17, 15) is 0 Å². The van der Waals surface area contributed by atoms with Crippen LogP contribution in [0.25, 0.3) is 16.8 Å². The van der Waals surface area contributed by atoms with E-state index in [-0.39, 0.29) is 0 Å². The standard InChI is InChI=1S/C20H24N4O/c1-14-12-19(23-15-8-4-3-5-9-15)24-20(22-14)17(13-21-24)16-10-6-7-11-18(16)25-2/h6-7,10-13,15,23H,3-5,8-9H2,1-2H3. The van der Waals surface area contributed by atoms with Gasteiger partial charge in [-0.3, -0.25) is 0 Å². The van der Waals surface area contributed by atoms with E-state index in [0.717, 1.165) is 34.0 Å². The number of para-hydroxylation sites is 1. The smallest absolute Gasteiger partial charge is 0.165 e. The number of nitrogens with zero attached hydrogens (tertiary/aromatic N) is 3. The number of hydrogen-bond donors (Lipinski definition) is 1. The maximum atomic E-state index is 5.52. The lowest BCUT2D eigenvalue weighted by molar-refractivity contribution is 0.416. The van der Waals surface area contributed by atoms with Crippen LogP contribution in [0.1, 0.15) is 37.8 Å². The Bertz CT molecular complexity index is 881. The molecule has 2 heterocycles. The Balaban J connectivity index is 1.78. The number of fused-ring (bicyclic) bond motifs is 1. The molecule has 3 aromatic rings. The van der Waals surface area contributed by atoms with Gasteiger partial charge in [0.15, 0.2) is 5.65 Å². The van der Waals surface area contributed by atoms with Crippen molar-refractivity contribution in [1.82, 2.24) is 14.6 Å². The minimum Gasteiger partial charge on any atom is -0.496 e. The summed E-state index contributed by atoms with van der Waals surface area (Å²) in [5.41, 5.74) is 3.86. The molecular formula is C20H24N4O. The molecule has 1 N–H and O–H groups in total. The fourth-order valence-corrected chi connectivity index (χ4v) is 3.70. The summed E-state index contributed by atoms with van der Waals surface area (Å²) in [5, 5.41) is 8.30. The predicted molar refractivity (Wildman–Crippen MR) is 100 cm³/mol. The van der Waals surface area contributed by atoms with E-state index in [1.165, 1.54) is 32.1 Å². The van der Waals surface area contributed by atoms with Crippen LogP contribution >= 0.6 is 0 Å². The van der Waals surface area contributed by atoms with Crippen LogP contribution in [0.2, 0.25) is 0 Å². The second kappa shape index (κ2) is 6.75. The van der Waals surface area contributed by atoms with Crippen LogP contribution in [0.15, 0.2) is 36.5 Å². The lowest BCUT2D eigenvalue weighted by atomic mass is 9.95. The summed E-state index contributed by atoms with van der Waals surface area (Å²) in [6.45, 7) is 2.03. The average Bonchev–Trinajstić information content (AvgIpc) is 3.06. The van der Waals surface area contributed by atoms with Gasteiger partial charge in [-0.2, -0.15) is 9.61 Å². The molecule has 1 aromatic carbocycles. The monoisotopic (exact) mass is 336 g/mol. The lowest BCUT2D eigenvalue weighted by Gasteiger charge is -2.24. The summed E-state index contributed by atoms with van der Waals surface area (Å²) < 4.78 is 7.44. The van der Waals surface area contributed by atoms with Crippen LogP contribution in [-0.4, -0.2) is 27.7 Å². The quantitative estimate of drug-likeness (QED) is 0.764. The molecule has 0 aliphatic heterocycles. The van der Waals surface area contributed by atoms with Gasteiger partial charge >= 0.3 is 0 Å². The zero-order valence-electron chi connectivity index (χ0n) is 14.8. The molecule has 1 saturated carbocycles. The second-order valence-corrected chi connectivity index (χ2v) is 6.76. The molecule has 2 aromatic heterocycles. The van der Waals surface area contributed by atoms with E-state index in [2.05, 4.69) is 16.5 Å². The molecule has 5 nitrogen and oxygen atoms in total. The molecule has 0 atom stereocenters. The normalized spacial score (nSPS) is 15.4. The van der Waals surface area contributed by atoms with Gasteiger partial charge in [-0.1, -0.05) is 37.5 Å². The molecule has 0 radical (unpaired) electrons. The number of hydrogen-bond acceptors (Lipinski definition) is 4. The molecule has 4 rings (SSSR count). The van der Waals surface area contributed by atoms with Crippen molar-refractivity contribution < 1.29 is 4.74 Å². The fraction of sp³-hybridized carbons (Fsp3) is 0.400. The zero-order valence-corrected chi connectivity index (χ0v) is 14.8. The van der Waals surface area contributed by atoms with Crippen LogP contribution < -0.4 is 10.1 Å². The van der Waals surface area contributed by atoms with E-state index in [4.69, 9.17) is 9.72 Å². The molecule has 130 valence electrons. The number of aromatic nitrogens is 3. The minimum absolute atomic E-state index is 0.526. The second-order valence-electron chi connectivity index (χ2n) is 6.76. The number of ether oxygens (including phenoxy) is 1. The molecule has 1 fully saturated rings. The van der Waals surface area contributed by atoms with E-state index < -0.39 is 0 Å². The Kier molecular flexibility index (Phi) is 4.30. The Morgan fingerprint density at radius 3 is 2.72 bits per heavy atom. The largest absolute Gasteiger partial charge is 0.496 e. The number of anilines is 1. The third kappa shape index (κ3) is 3.06. The summed E-state index contributed by atoms with van der Waals surface area (Å²) in [6.07, 6.45) is 8.29. The highest BCUT2D eigenvalue weighted by Gasteiger charge is 2.18. The Hall–Kier alpha value is -2.56. The maximum absolute atomic E-state index is 5.52. The van der Waals surface area contributed by atoms with Gasteiger partial charge in [0.25, 0.3) is 0 Å². The van der Waals surface area contributed by atoms with Crippen LogP contribution in [0.5, 0.6) is 5.75 Å². The lowest BCUT2D eigenvalue weighted by Crippen LogP contribution is -2.24. The van der Waals surface area contributed by atoms with Crippen molar-refractivity contribution >= 4 is 11.5 Å². The first-order valence-electron chi connectivity index (χ1n) is 9.01. The number of aryl methyl sites for hydroxylation is 1.